The van der Waals surface area contributed by atoms with E-state index < -0.39 is 0 Å². The molecule has 3 aliphatic rings. The summed E-state index contributed by atoms with van der Waals surface area (Å²) in [5.74, 6) is 1.50. The van der Waals surface area contributed by atoms with Crippen molar-refractivity contribution in [2.45, 2.75) is 38.1 Å². The number of carbonyl (C=O) groups excluding carboxylic acids is 1. The fourth-order valence-corrected chi connectivity index (χ4v) is 5.60. The number of amides is 1. The van der Waals surface area contributed by atoms with Crippen molar-refractivity contribution in [1.29, 1.82) is 0 Å². The molecule has 2 aromatic rings. The number of para-hydroxylation sites is 1. The van der Waals surface area contributed by atoms with Crippen molar-refractivity contribution in [3.05, 3.63) is 53.6 Å². The molecule has 0 aromatic heterocycles. The number of piperidine rings is 2. The molecule has 0 bridgehead atoms. The van der Waals surface area contributed by atoms with Crippen LogP contribution in [0.3, 0.4) is 0 Å². The Morgan fingerprint density at radius 3 is 2.44 bits per heavy atom. The first-order valence-electron chi connectivity index (χ1n) is 12.5. The summed E-state index contributed by atoms with van der Waals surface area (Å²) in [4.78, 5) is 20.7. The van der Waals surface area contributed by atoms with Crippen molar-refractivity contribution in [2.75, 3.05) is 52.0 Å². The van der Waals surface area contributed by atoms with Crippen LogP contribution in [0, 0.1) is 0 Å². The third kappa shape index (κ3) is 4.57. The molecular weight excluding hydrogens is 426 g/mol. The molecule has 0 unspecified atom stereocenters. The van der Waals surface area contributed by atoms with Crippen molar-refractivity contribution >= 4 is 23.2 Å². The zero-order chi connectivity index (χ0) is 23.5. The van der Waals surface area contributed by atoms with Crippen LogP contribution in [0.1, 0.15) is 43.2 Å². The van der Waals surface area contributed by atoms with Gasteiger partial charge in [-0.25, -0.2) is 0 Å². The molecule has 6 heteroatoms. The van der Waals surface area contributed by atoms with Crippen LogP contribution in [0.25, 0.3) is 11.6 Å². The molecule has 34 heavy (non-hydrogen) atoms. The average molecular weight is 462 g/mol. The summed E-state index contributed by atoms with van der Waals surface area (Å²) < 4.78 is 10.9. The van der Waals surface area contributed by atoms with E-state index in [1.54, 1.807) is 14.2 Å². The Hall–Kier alpha value is -2.83. The maximum atomic E-state index is 13.7. The molecule has 2 aromatic carbocycles. The SMILES string of the molecule is COc1ccc(OC)c(/C=C2/C(=O)N(CN3CCC(N4CCCCC4)CC3)c3ccccc32)c1. The standard InChI is InChI=1S/C28H35N3O3/c1-33-23-10-11-27(34-2)21(18-23)19-25-24-8-4-5-9-26(24)31(28(25)32)20-29-16-12-22(13-17-29)30-14-6-3-7-15-30/h4-5,8-11,18-19,22H,3,6-7,12-17,20H2,1-2H3/b25-19+. The maximum Gasteiger partial charge on any atom is 0.260 e. The molecule has 3 heterocycles. The number of rotatable bonds is 6. The predicted octanol–water partition coefficient (Wildman–Crippen LogP) is 4.50. The lowest BCUT2D eigenvalue weighted by molar-refractivity contribution is -0.113. The Morgan fingerprint density at radius 2 is 1.71 bits per heavy atom. The normalized spacial score (nSPS) is 21.2. The van der Waals surface area contributed by atoms with Crippen LogP contribution in [0.2, 0.25) is 0 Å². The summed E-state index contributed by atoms with van der Waals surface area (Å²) in [6.07, 6.45) is 8.37. The van der Waals surface area contributed by atoms with E-state index in [1.807, 2.05) is 47.4 Å². The van der Waals surface area contributed by atoms with Gasteiger partial charge >= 0.3 is 0 Å². The molecule has 2 fully saturated rings. The van der Waals surface area contributed by atoms with E-state index in [1.165, 1.54) is 45.2 Å². The molecule has 0 N–H and O–H groups in total. The number of methoxy groups -OCH3 is 2. The van der Waals surface area contributed by atoms with E-state index >= 15 is 0 Å². The quantitative estimate of drug-likeness (QED) is 0.593. The molecule has 180 valence electrons. The van der Waals surface area contributed by atoms with Gasteiger partial charge in [-0.2, -0.15) is 0 Å². The molecular formula is C28H35N3O3. The highest BCUT2D eigenvalue weighted by Crippen LogP contribution is 2.39. The third-order valence-electron chi connectivity index (χ3n) is 7.50. The number of hydrogen-bond donors (Lipinski definition) is 0. The van der Waals surface area contributed by atoms with E-state index in [2.05, 4.69) is 15.9 Å². The van der Waals surface area contributed by atoms with Crippen LogP contribution < -0.4 is 14.4 Å². The Kier molecular flexibility index (Phi) is 6.88. The van der Waals surface area contributed by atoms with Gasteiger partial charge in [-0.1, -0.05) is 24.6 Å². The lowest BCUT2D eigenvalue weighted by Crippen LogP contribution is -2.49. The molecule has 3 aliphatic heterocycles. The second kappa shape index (κ2) is 10.2. The second-order valence-electron chi connectivity index (χ2n) is 9.50. The van der Waals surface area contributed by atoms with Crippen molar-refractivity contribution < 1.29 is 14.3 Å². The summed E-state index contributed by atoms with van der Waals surface area (Å²) in [5.41, 5.74) is 3.49. The number of carbonyl (C=O) groups is 1. The molecule has 1 amide bonds. The smallest absolute Gasteiger partial charge is 0.260 e. The van der Waals surface area contributed by atoms with E-state index in [4.69, 9.17) is 9.47 Å². The first-order chi connectivity index (χ1) is 16.7. The first kappa shape index (κ1) is 22.9. The molecule has 2 saturated heterocycles. The number of anilines is 1. The molecule has 6 nitrogen and oxygen atoms in total. The van der Waals surface area contributed by atoms with Gasteiger partial charge in [-0.3, -0.25) is 14.6 Å². The van der Waals surface area contributed by atoms with Crippen LogP contribution in [0.15, 0.2) is 42.5 Å². The van der Waals surface area contributed by atoms with Crippen LogP contribution in [0.4, 0.5) is 5.69 Å². The van der Waals surface area contributed by atoms with Gasteiger partial charge in [-0.15, -0.1) is 0 Å². The summed E-state index contributed by atoms with van der Waals surface area (Å²) in [5, 5.41) is 0. The number of hydrogen-bond acceptors (Lipinski definition) is 5. The number of nitrogens with zero attached hydrogens (tertiary/aromatic N) is 3. The summed E-state index contributed by atoms with van der Waals surface area (Å²) in [6, 6.07) is 14.5. The van der Waals surface area contributed by atoms with Crippen LogP contribution in [0.5, 0.6) is 11.5 Å². The fourth-order valence-electron chi connectivity index (χ4n) is 5.60. The molecule has 0 saturated carbocycles. The van der Waals surface area contributed by atoms with E-state index in [0.717, 1.165) is 41.4 Å². The van der Waals surface area contributed by atoms with Crippen molar-refractivity contribution in [2.24, 2.45) is 0 Å². The number of likely N-dealkylation sites (tertiary alicyclic amines) is 2. The summed E-state index contributed by atoms with van der Waals surface area (Å²) >= 11 is 0. The van der Waals surface area contributed by atoms with Gasteiger partial charge in [0.2, 0.25) is 0 Å². The average Bonchev–Trinajstić information content (AvgIpc) is 3.15. The monoisotopic (exact) mass is 461 g/mol. The van der Waals surface area contributed by atoms with Crippen LogP contribution in [-0.4, -0.2) is 68.8 Å². The van der Waals surface area contributed by atoms with Crippen molar-refractivity contribution in [3.8, 4) is 11.5 Å². The predicted molar refractivity (Wildman–Crippen MR) is 136 cm³/mol. The fraction of sp³-hybridized carbons (Fsp3) is 0.464. The van der Waals surface area contributed by atoms with Gasteiger partial charge in [-0.05, 0) is 69.1 Å². The van der Waals surface area contributed by atoms with Gasteiger partial charge in [0.05, 0.1) is 26.6 Å². The Morgan fingerprint density at radius 1 is 0.941 bits per heavy atom. The van der Waals surface area contributed by atoms with Gasteiger partial charge in [0.25, 0.3) is 5.91 Å². The highest BCUT2D eigenvalue weighted by molar-refractivity contribution is 6.35. The molecule has 0 spiro atoms. The van der Waals surface area contributed by atoms with Gasteiger partial charge in [0.1, 0.15) is 11.5 Å². The first-order valence-corrected chi connectivity index (χ1v) is 12.5. The third-order valence-corrected chi connectivity index (χ3v) is 7.50. The second-order valence-corrected chi connectivity index (χ2v) is 9.50. The van der Waals surface area contributed by atoms with Crippen molar-refractivity contribution in [1.82, 2.24) is 9.80 Å². The highest BCUT2D eigenvalue weighted by Gasteiger charge is 2.34. The summed E-state index contributed by atoms with van der Waals surface area (Å²) in [6.45, 7) is 5.22. The lowest BCUT2D eigenvalue weighted by Gasteiger charge is -2.41. The van der Waals surface area contributed by atoms with Crippen molar-refractivity contribution in [3.63, 3.8) is 0 Å². The Labute approximate surface area is 202 Å². The molecule has 5 rings (SSSR count). The minimum atomic E-state index is 0.0456. The van der Waals surface area contributed by atoms with Gasteiger partial charge in [0.15, 0.2) is 0 Å². The Bertz CT molecular complexity index is 1050. The van der Waals surface area contributed by atoms with Crippen LogP contribution in [-0.2, 0) is 4.79 Å². The highest BCUT2D eigenvalue weighted by atomic mass is 16.5. The number of ether oxygens (including phenoxy) is 2. The lowest BCUT2D eigenvalue weighted by atomic mass is 10.0. The molecule has 0 radical (unpaired) electrons. The zero-order valence-corrected chi connectivity index (χ0v) is 20.3. The minimum Gasteiger partial charge on any atom is -0.497 e. The van der Waals surface area contributed by atoms with Gasteiger partial charge in [0, 0.05) is 35.8 Å². The number of fused-ring (bicyclic) bond motifs is 1. The Balaban J connectivity index is 1.34. The summed E-state index contributed by atoms with van der Waals surface area (Å²) in [7, 11) is 3.29. The van der Waals surface area contributed by atoms with Gasteiger partial charge < -0.3 is 14.4 Å². The van der Waals surface area contributed by atoms with E-state index in [9.17, 15) is 4.79 Å². The molecule has 0 aliphatic carbocycles. The zero-order valence-electron chi connectivity index (χ0n) is 20.3. The van der Waals surface area contributed by atoms with Crippen LogP contribution >= 0.6 is 0 Å². The molecule has 0 atom stereocenters. The maximum absolute atomic E-state index is 13.7. The van der Waals surface area contributed by atoms with E-state index in [-0.39, 0.29) is 5.91 Å². The topological polar surface area (TPSA) is 45.3 Å². The minimum absolute atomic E-state index is 0.0456. The van der Waals surface area contributed by atoms with E-state index in [0.29, 0.717) is 18.3 Å². The number of benzene rings is 2. The largest absolute Gasteiger partial charge is 0.497 e.